The first-order valence-corrected chi connectivity index (χ1v) is 8.65. The lowest BCUT2D eigenvalue weighted by Crippen LogP contribution is -2.32. The Morgan fingerprint density at radius 1 is 1.23 bits per heavy atom. The van der Waals surface area contributed by atoms with Gasteiger partial charge >= 0.3 is 0 Å². The predicted molar refractivity (Wildman–Crippen MR) is 117 cm³/mol. The highest BCUT2D eigenvalue weighted by Crippen LogP contribution is 2.30. The van der Waals surface area contributed by atoms with E-state index in [-0.39, 0.29) is 35.9 Å². The maximum absolute atomic E-state index is 11.7. The SMILES string of the molecule is CCNC(=NCCC(=O)NC(C)C)Nc1ccc(OCC)c(OC)c1.I. The van der Waals surface area contributed by atoms with Crippen molar-refractivity contribution in [3.8, 4) is 11.5 Å². The zero-order valence-corrected chi connectivity index (χ0v) is 18.5. The van der Waals surface area contributed by atoms with E-state index in [1.165, 1.54) is 0 Å². The molecule has 0 fully saturated rings. The largest absolute Gasteiger partial charge is 0.493 e. The van der Waals surface area contributed by atoms with Crippen molar-refractivity contribution in [2.45, 2.75) is 40.2 Å². The maximum Gasteiger partial charge on any atom is 0.222 e. The molecule has 3 N–H and O–H groups in total. The van der Waals surface area contributed by atoms with Gasteiger partial charge in [-0.3, -0.25) is 9.79 Å². The van der Waals surface area contributed by atoms with Crippen LogP contribution in [0.1, 0.15) is 34.1 Å². The highest BCUT2D eigenvalue weighted by molar-refractivity contribution is 14.0. The number of hydrogen-bond acceptors (Lipinski definition) is 4. The summed E-state index contributed by atoms with van der Waals surface area (Å²) in [6.07, 6.45) is 0.349. The number of carbonyl (C=O) groups excluding carboxylic acids is 1. The monoisotopic (exact) mass is 478 g/mol. The number of guanidine groups is 1. The predicted octanol–water partition coefficient (Wildman–Crippen LogP) is 3.00. The number of amides is 1. The van der Waals surface area contributed by atoms with E-state index in [0.29, 0.717) is 37.0 Å². The van der Waals surface area contributed by atoms with E-state index in [1.807, 2.05) is 45.9 Å². The summed E-state index contributed by atoms with van der Waals surface area (Å²) in [5, 5.41) is 9.22. The molecule has 0 aliphatic carbocycles. The van der Waals surface area contributed by atoms with Crippen molar-refractivity contribution in [2.75, 3.05) is 32.1 Å². The lowest BCUT2D eigenvalue weighted by atomic mass is 10.2. The zero-order chi connectivity index (χ0) is 18.7. The quantitative estimate of drug-likeness (QED) is 0.289. The maximum atomic E-state index is 11.7. The molecular weight excluding hydrogens is 447 g/mol. The van der Waals surface area contributed by atoms with Gasteiger partial charge in [-0.2, -0.15) is 0 Å². The summed E-state index contributed by atoms with van der Waals surface area (Å²) in [5.41, 5.74) is 0.826. The third-order valence-electron chi connectivity index (χ3n) is 3.13. The Hall–Kier alpha value is -1.71. The molecule has 26 heavy (non-hydrogen) atoms. The Balaban J connectivity index is 0.00000625. The van der Waals surface area contributed by atoms with Crippen LogP contribution in [0.3, 0.4) is 0 Å². The zero-order valence-electron chi connectivity index (χ0n) is 16.2. The summed E-state index contributed by atoms with van der Waals surface area (Å²) in [5.74, 6) is 1.96. The molecule has 1 aromatic carbocycles. The highest BCUT2D eigenvalue weighted by atomic mass is 127. The van der Waals surface area contributed by atoms with Crippen molar-refractivity contribution in [1.82, 2.24) is 10.6 Å². The second kappa shape index (κ2) is 13.5. The summed E-state index contributed by atoms with van der Waals surface area (Å²) in [6.45, 7) is 9.49. The van der Waals surface area contributed by atoms with Crippen LogP contribution < -0.4 is 25.4 Å². The van der Waals surface area contributed by atoms with Crippen molar-refractivity contribution in [3.05, 3.63) is 18.2 Å². The summed E-state index contributed by atoms with van der Waals surface area (Å²) < 4.78 is 10.9. The summed E-state index contributed by atoms with van der Waals surface area (Å²) in [7, 11) is 1.61. The van der Waals surface area contributed by atoms with E-state index in [0.717, 1.165) is 12.2 Å². The molecule has 7 nitrogen and oxygen atoms in total. The van der Waals surface area contributed by atoms with E-state index in [1.54, 1.807) is 7.11 Å². The Morgan fingerprint density at radius 2 is 1.96 bits per heavy atom. The van der Waals surface area contributed by atoms with Gasteiger partial charge < -0.3 is 25.4 Å². The topological polar surface area (TPSA) is 84.0 Å². The lowest BCUT2D eigenvalue weighted by Gasteiger charge is -2.14. The van der Waals surface area contributed by atoms with Gasteiger partial charge in [-0.1, -0.05) is 0 Å². The molecule has 8 heteroatoms. The van der Waals surface area contributed by atoms with Crippen LogP contribution in [0.15, 0.2) is 23.2 Å². The lowest BCUT2D eigenvalue weighted by molar-refractivity contribution is -0.121. The van der Waals surface area contributed by atoms with E-state index >= 15 is 0 Å². The average Bonchev–Trinajstić information content (AvgIpc) is 2.55. The van der Waals surface area contributed by atoms with Crippen molar-refractivity contribution in [1.29, 1.82) is 0 Å². The smallest absolute Gasteiger partial charge is 0.222 e. The van der Waals surface area contributed by atoms with Crippen molar-refractivity contribution < 1.29 is 14.3 Å². The molecule has 0 atom stereocenters. The minimum Gasteiger partial charge on any atom is -0.493 e. The van der Waals surface area contributed by atoms with Gasteiger partial charge in [0.05, 0.1) is 20.3 Å². The van der Waals surface area contributed by atoms with Gasteiger partial charge in [0, 0.05) is 30.8 Å². The molecule has 0 saturated carbocycles. The first-order chi connectivity index (χ1) is 12.0. The number of methoxy groups -OCH3 is 1. The molecule has 1 rings (SSSR count). The molecule has 1 aromatic rings. The number of ether oxygens (including phenoxy) is 2. The van der Waals surface area contributed by atoms with Gasteiger partial charge in [-0.25, -0.2) is 0 Å². The molecule has 0 aliphatic heterocycles. The molecule has 0 aliphatic rings. The molecule has 148 valence electrons. The van der Waals surface area contributed by atoms with Crippen LogP contribution in [0.2, 0.25) is 0 Å². The van der Waals surface area contributed by atoms with E-state index < -0.39 is 0 Å². The van der Waals surface area contributed by atoms with Crippen LogP contribution in [0.5, 0.6) is 11.5 Å². The van der Waals surface area contributed by atoms with Crippen molar-refractivity contribution in [2.24, 2.45) is 4.99 Å². The molecule has 0 radical (unpaired) electrons. The van der Waals surface area contributed by atoms with Gasteiger partial charge in [0.15, 0.2) is 17.5 Å². The minimum atomic E-state index is -0.00247. The molecule has 0 saturated heterocycles. The normalized spacial score (nSPS) is 10.8. The number of carbonyl (C=O) groups is 1. The standard InChI is InChI=1S/C18H30N4O3.HI/c1-6-19-18(20-11-10-17(23)21-13(3)4)22-14-8-9-15(25-7-2)16(12-14)24-5;/h8-9,12-13H,6-7,10-11H2,1-5H3,(H,21,23)(H2,19,20,22);1H. The van der Waals surface area contributed by atoms with E-state index in [9.17, 15) is 4.79 Å². The second-order valence-corrected chi connectivity index (χ2v) is 5.66. The van der Waals surface area contributed by atoms with Gasteiger partial charge in [-0.15, -0.1) is 24.0 Å². The van der Waals surface area contributed by atoms with Gasteiger partial charge in [-0.05, 0) is 39.8 Å². The molecule has 0 aromatic heterocycles. The Kier molecular flexibility index (Phi) is 12.6. The summed E-state index contributed by atoms with van der Waals surface area (Å²) in [6, 6.07) is 5.73. The van der Waals surface area contributed by atoms with Crippen molar-refractivity contribution in [3.63, 3.8) is 0 Å². The van der Waals surface area contributed by atoms with E-state index in [2.05, 4.69) is 20.9 Å². The fourth-order valence-corrected chi connectivity index (χ4v) is 2.13. The van der Waals surface area contributed by atoms with Crippen LogP contribution in [0.4, 0.5) is 5.69 Å². The van der Waals surface area contributed by atoms with Crippen LogP contribution in [0.25, 0.3) is 0 Å². The van der Waals surface area contributed by atoms with Crippen LogP contribution in [-0.4, -0.2) is 44.7 Å². The average molecular weight is 478 g/mol. The number of hydrogen-bond donors (Lipinski definition) is 3. The number of nitrogens with one attached hydrogen (secondary N) is 3. The fourth-order valence-electron chi connectivity index (χ4n) is 2.13. The fraction of sp³-hybridized carbons (Fsp3) is 0.556. The first kappa shape index (κ1) is 24.3. The van der Waals surface area contributed by atoms with E-state index in [4.69, 9.17) is 9.47 Å². The van der Waals surface area contributed by atoms with Gasteiger partial charge in [0.1, 0.15) is 0 Å². The molecule has 0 bridgehead atoms. The summed E-state index contributed by atoms with van der Waals surface area (Å²) >= 11 is 0. The minimum absolute atomic E-state index is 0. The van der Waals surface area contributed by atoms with Gasteiger partial charge in [0.25, 0.3) is 0 Å². The molecule has 0 spiro atoms. The molecule has 0 unspecified atom stereocenters. The van der Waals surface area contributed by atoms with Gasteiger partial charge in [0.2, 0.25) is 5.91 Å². The van der Waals surface area contributed by atoms with Crippen LogP contribution in [-0.2, 0) is 4.79 Å². The number of halogens is 1. The number of aliphatic imine (C=N–C) groups is 1. The summed E-state index contributed by atoms with van der Waals surface area (Å²) in [4.78, 5) is 16.1. The van der Waals surface area contributed by atoms with Crippen molar-refractivity contribution >= 4 is 41.5 Å². The first-order valence-electron chi connectivity index (χ1n) is 8.65. The Morgan fingerprint density at radius 3 is 2.54 bits per heavy atom. The Labute approximate surface area is 173 Å². The third-order valence-corrected chi connectivity index (χ3v) is 3.13. The van der Waals surface area contributed by atoms with Crippen LogP contribution in [0, 0.1) is 0 Å². The molecule has 1 amide bonds. The number of nitrogens with zero attached hydrogens (tertiary/aromatic N) is 1. The highest BCUT2D eigenvalue weighted by Gasteiger charge is 2.07. The number of anilines is 1. The molecular formula is C18H31IN4O3. The third kappa shape index (κ3) is 9.12. The number of benzene rings is 1. The molecule has 0 heterocycles. The number of rotatable bonds is 9. The Bertz CT molecular complexity index is 580. The second-order valence-electron chi connectivity index (χ2n) is 5.66. The van der Waals surface area contributed by atoms with Crippen LogP contribution >= 0.6 is 24.0 Å².